The summed E-state index contributed by atoms with van der Waals surface area (Å²) in [5, 5.41) is 20.4. The number of aliphatic hydroxyl groups excluding tert-OH is 1. The summed E-state index contributed by atoms with van der Waals surface area (Å²) in [4.78, 5) is 13.0. The minimum Gasteiger partial charge on any atom is -0.396 e. The van der Waals surface area contributed by atoms with Crippen molar-refractivity contribution < 1.29 is 10.0 Å². The minimum atomic E-state index is -0.313. The number of aryl methyl sites for hydroxylation is 1. The molecule has 1 unspecified atom stereocenters. The first-order valence-electron chi connectivity index (χ1n) is 6.76. The molecule has 1 aliphatic rings. The van der Waals surface area contributed by atoms with E-state index in [2.05, 4.69) is 4.90 Å². The average molecular weight is 264 g/mol. The van der Waals surface area contributed by atoms with Gasteiger partial charge in [0.2, 0.25) is 0 Å². The van der Waals surface area contributed by atoms with Crippen molar-refractivity contribution in [2.24, 2.45) is 0 Å². The molecule has 5 heteroatoms. The first kappa shape index (κ1) is 13.8. The number of piperidine rings is 1. The molecule has 19 heavy (non-hydrogen) atoms. The summed E-state index contributed by atoms with van der Waals surface area (Å²) in [5.41, 5.74) is 1.83. The SMILES string of the molecule is Cc1cccc([N+](=O)[O-])c1N1CCCCC1CCO. The first-order valence-corrected chi connectivity index (χ1v) is 6.76. The number of rotatable bonds is 4. The lowest BCUT2D eigenvalue weighted by Crippen LogP contribution is -2.40. The Balaban J connectivity index is 2.40. The van der Waals surface area contributed by atoms with Gasteiger partial charge >= 0.3 is 0 Å². The molecular formula is C14H20N2O3. The van der Waals surface area contributed by atoms with Crippen molar-refractivity contribution in [2.45, 2.75) is 38.6 Å². The zero-order valence-electron chi connectivity index (χ0n) is 11.2. The van der Waals surface area contributed by atoms with Gasteiger partial charge in [-0.15, -0.1) is 0 Å². The maximum absolute atomic E-state index is 11.2. The predicted octanol–water partition coefficient (Wildman–Crippen LogP) is 2.64. The number of nitro groups is 1. The Morgan fingerprint density at radius 1 is 1.47 bits per heavy atom. The van der Waals surface area contributed by atoms with Crippen molar-refractivity contribution >= 4 is 11.4 Å². The second kappa shape index (κ2) is 6.02. The molecule has 1 N–H and O–H groups in total. The number of aliphatic hydroxyl groups is 1. The topological polar surface area (TPSA) is 66.6 Å². The summed E-state index contributed by atoms with van der Waals surface area (Å²) < 4.78 is 0. The van der Waals surface area contributed by atoms with Gasteiger partial charge in [0.1, 0.15) is 5.69 Å². The predicted molar refractivity (Wildman–Crippen MR) is 74.5 cm³/mol. The van der Waals surface area contributed by atoms with E-state index in [0.29, 0.717) is 6.42 Å². The van der Waals surface area contributed by atoms with Crippen LogP contribution < -0.4 is 4.90 Å². The molecule has 0 saturated carbocycles. The van der Waals surface area contributed by atoms with Crippen molar-refractivity contribution in [1.82, 2.24) is 0 Å². The fourth-order valence-corrected chi connectivity index (χ4v) is 2.91. The van der Waals surface area contributed by atoms with Gasteiger partial charge in [0.15, 0.2) is 0 Å². The van der Waals surface area contributed by atoms with E-state index in [1.807, 2.05) is 13.0 Å². The third-order valence-corrected chi connectivity index (χ3v) is 3.79. The number of hydrogen-bond acceptors (Lipinski definition) is 4. The van der Waals surface area contributed by atoms with Crippen LogP contribution in [-0.2, 0) is 0 Å². The van der Waals surface area contributed by atoms with E-state index in [9.17, 15) is 15.2 Å². The number of benzene rings is 1. The van der Waals surface area contributed by atoms with Crippen molar-refractivity contribution in [1.29, 1.82) is 0 Å². The Kier molecular flexibility index (Phi) is 4.37. The van der Waals surface area contributed by atoms with Crippen molar-refractivity contribution in [3.8, 4) is 0 Å². The molecule has 2 rings (SSSR count). The van der Waals surface area contributed by atoms with Gasteiger partial charge in [0.05, 0.1) is 4.92 Å². The maximum atomic E-state index is 11.2. The van der Waals surface area contributed by atoms with Gasteiger partial charge in [-0.2, -0.15) is 0 Å². The summed E-state index contributed by atoms with van der Waals surface area (Å²) in [6, 6.07) is 5.40. The van der Waals surface area contributed by atoms with Crippen LogP contribution in [-0.4, -0.2) is 29.2 Å². The molecule has 1 fully saturated rings. The third-order valence-electron chi connectivity index (χ3n) is 3.79. The number of anilines is 1. The minimum absolute atomic E-state index is 0.126. The molecule has 0 amide bonds. The van der Waals surface area contributed by atoms with Crippen LogP contribution in [0, 0.1) is 17.0 Å². The average Bonchev–Trinajstić information content (AvgIpc) is 2.40. The highest BCUT2D eigenvalue weighted by atomic mass is 16.6. The van der Waals surface area contributed by atoms with E-state index in [0.717, 1.165) is 37.1 Å². The van der Waals surface area contributed by atoms with Gasteiger partial charge in [-0.25, -0.2) is 0 Å². The van der Waals surface area contributed by atoms with Crippen LogP contribution in [0.1, 0.15) is 31.2 Å². The lowest BCUT2D eigenvalue weighted by molar-refractivity contribution is -0.384. The van der Waals surface area contributed by atoms with Crippen LogP contribution in [0.4, 0.5) is 11.4 Å². The Hall–Kier alpha value is -1.62. The van der Waals surface area contributed by atoms with Crippen LogP contribution in [0.5, 0.6) is 0 Å². The largest absolute Gasteiger partial charge is 0.396 e. The fourth-order valence-electron chi connectivity index (χ4n) is 2.91. The van der Waals surface area contributed by atoms with E-state index < -0.39 is 0 Å². The van der Waals surface area contributed by atoms with Gasteiger partial charge in [0.25, 0.3) is 5.69 Å². The molecule has 0 bridgehead atoms. The molecule has 0 spiro atoms. The Morgan fingerprint density at radius 3 is 2.95 bits per heavy atom. The molecule has 1 saturated heterocycles. The van der Waals surface area contributed by atoms with Crippen molar-refractivity contribution in [3.05, 3.63) is 33.9 Å². The number of nitrogens with zero attached hydrogens (tertiary/aromatic N) is 2. The molecule has 0 aliphatic carbocycles. The van der Waals surface area contributed by atoms with Gasteiger partial charge in [0, 0.05) is 25.3 Å². The lowest BCUT2D eigenvalue weighted by Gasteiger charge is -2.37. The summed E-state index contributed by atoms with van der Waals surface area (Å²) in [6.45, 7) is 2.87. The molecule has 1 aromatic carbocycles. The summed E-state index contributed by atoms with van der Waals surface area (Å²) in [6.07, 6.45) is 3.84. The molecule has 1 aromatic rings. The number of nitro benzene ring substituents is 1. The molecule has 5 nitrogen and oxygen atoms in total. The molecule has 0 radical (unpaired) electrons. The quantitative estimate of drug-likeness (QED) is 0.670. The molecule has 0 aromatic heterocycles. The smallest absolute Gasteiger partial charge is 0.292 e. The van der Waals surface area contributed by atoms with Crippen molar-refractivity contribution in [3.63, 3.8) is 0 Å². The van der Waals surface area contributed by atoms with E-state index in [4.69, 9.17) is 0 Å². The normalized spacial score (nSPS) is 19.5. The summed E-state index contributed by atoms with van der Waals surface area (Å²) >= 11 is 0. The zero-order chi connectivity index (χ0) is 13.8. The summed E-state index contributed by atoms with van der Waals surface area (Å²) in [7, 11) is 0. The Bertz CT molecular complexity index is 460. The standard InChI is InChI=1S/C14H20N2O3/c1-11-5-4-7-13(16(18)19)14(11)15-9-3-2-6-12(15)8-10-17/h4-5,7,12,17H,2-3,6,8-10H2,1H3. The van der Waals surface area contributed by atoms with Crippen LogP contribution >= 0.6 is 0 Å². The second-order valence-electron chi connectivity index (χ2n) is 5.06. The van der Waals surface area contributed by atoms with E-state index in [1.54, 1.807) is 12.1 Å². The second-order valence-corrected chi connectivity index (χ2v) is 5.06. The van der Waals surface area contributed by atoms with Gasteiger partial charge in [-0.1, -0.05) is 12.1 Å². The molecule has 1 atom stereocenters. The third kappa shape index (κ3) is 2.87. The molecule has 1 heterocycles. The number of para-hydroxylation sites is 1. The molecule has 104 valence electrons. The zero-order valence-corrected chi connectivity index (χ0v) is 11.2. The van der Waals surface area contributed by atoms with Crippen LogP contribution in [0.3, 0.4) is 0 Å². The monoisotopic (exact) mass is 264 g/mol. The van der Waals surface area contributed by atoms with Crippen LogP contribution in [0.2, 0.25) is 0 Å². The van der Waals surface area contributed by atoms with Gasteiger partial charge in [-0.05, 0) is 38.2 Å². The highest BCUT2D eigenvalue weighted by Gasteiger charge is 2.28. The molecular weight excluding hydrogens is 244 g/mol. The number of hydrogen-bond donors (Lipinski definition) is 1. The first-order chi connectivity index (χ1) is 9.15. The Morgan fingerprint density at radius 2 is 2.26 bits per heavy atom. The van der Waals surface area contributed by atoms with Gasteiger partial charge < -0.3 is 10.0 Å². The lowest BCUT2D eigenvalue weighted by atomic mass is 9.97. The highest BCUT2D eigenvalue weighted by Crippen LogP contribution is 2.36. The summed E-state index contributed by atoms with van der Waals surface area (Å²) in [5.74, 6) is 0. The van der Waals surface area contributed by atoms with Crippen molar-refractivity contribution in [2.75, 3.05) is 18.1 Å². The van der Waals surface area contributed by atoms with E-state index >= 15 is 0 Å². The molecule has 1 aliphatic heterocycles. The van der Waals surface area contributed by atoms with E-state index in [-0.39, 0.29) is 23.3 Å². The maximum Gasteiger partial charge on any atom is 0.292 e. The Labute approximate surface area is 113 Å². The van der Waals surface area contributed by atoms with Crippen LogP contribution in [0.25, 0.3) is 0 Å². The van der Waals surface area contributed by atoms with E-state index in [1.165, 1.54) is 0 Å². The van der Waals surface area contributed by atoms with Crippen LogP contribution in [0.15, 0.2) is 18.2 Å². The highest BCUT2D eigenvalue weighted by molar-refractivity contribution is 5.68. The van der Waals surface area contributed by atoms with Gasteiger partial charge in [-0.3, -0.25) is 10.1 Å². The fraction of sp³-hybridized carbons (Fsp3) is 0.571.